The lowest BCUT2D eigenvalue weighted by atomic mass is 9.95. The van der Waals surface area contributed by atoms with E-state index in [1.165, 1.54) is 36.4 Å². The molecule has 0 spiro atoms. The summed E-state index contributed by atoms with van der Waals surface area (Å²) in [5, 5.41) is 11.9. The third-order valence-electron chi connectivity index (χ3n) is 12.6. The van der Waals surface area contributed by atoms with E-state index in [4.69, 9.17) is 47.4 Å². The molecule has 15 heteroatoms. The van der Waals surface area contributed by atoms with Gasteiger partial charge in [-0.05, 0) is 65.2 Å². The number of hydrogen-bond acceptors (Lipinski definition) is 15. The predicted octanol–water partition coefficient (Wildman–Crippen LogP) is 8.74. The van der Waals surface area contributed by atoms with Gasteiger partial charge in [0, 0.05) is 0 Å². The Morgan fingerprint density at radius 1 is 0.368 bits per heavy atom. The third-order valence-corrected chi connectivity index (χ3v) is 12.6. The lowest BCUT2D eigenvalue weighted by molar-refractivity contribution is -0.363. The van der Waals surface area contributed by atoms with Gasteiger partial charge in [-0.3, -0.25) is 0 Å². The Bertz CT molecular complexity index is 2900. The van der Waals surface area contributed by atoms with Crippen molar-refractivity contribution in [2.75, 3.05) is 13.2 Å². The molecule has 2 aliphatic heterocycles. The van der Waals surface area contributed by atoms with Gasteiger partial charge in [-0.2, -0.15) is 0 Å². The second kappa shape index (κ2) is 26.6. The highest BCUT2D eigenvalue weighted by Gasteiger charge is 2.57. The molecule has 7 aromatic carbocycles. The van der Waals surface area contributed by atoms with Crippen LogP contribution in [0.5, 0.6) is 0 Å². The zero-order valence-corrected chi connectivity index (χ0v) is 41.2. The normalized spacial score (nSPS) is 23.1. The summed E-state index contributed by atoms with van der Waals surface area (Å²) in [5.74, 6) is -3.38. The second-order valence-corrected chi connectivity index (χ2v) is 17.9. The molecule has 0 aromatic heterocycles. The van der Waals surface area contributed by atoms with E-state index >= 15 is 0 Å². The van der Waals surface area contributed by atoms with Crippen molar-refractivity contribution in [3.63, 3.8) is 0 Å². The fraction of sp³-hybridized carbons (Fsp3) is 0.246. The topological polar surface area (TPSA) is 181 Å². The molecule has 76 heavy (non-hydrogen) atoms. The zero-order chi connectivity index (χ0) is 52.5. The van der Waals surface area contributed by atoms with E-state index in [1.807, 2.05) is 91.0 Å². The van der Waals surface area contributed by atoms with Crippen LogP contribution in [-0.4, -0.2) is 104 Å². The number of aliphatic hydroxyl groups excluding tert-OH is 1. The third kappa shape index (κ3) is 14.1. The standard InChI is InChI=1S/C61H56O15/c62-56(44-28-14-4-15-29-44)70-40-49-51(73-57(63)45-30-16-5-17-31-45)53(74-58(64)46-32-18-6-19-33-46)55(75-59(65)47-34-20-7-21-35-47)61(72-49)76-50-48(39-67-36-41-22-8-1-9-23-41)71-60(66)54(69-38-43-26-12-3-13-27-43)52(50)68-37-42-24-10-2-11-25-42/h1-35,48-55,60-61,66H,36-40H2/t48-,49-,50-,51+,52+,53+,54-,55-,60+,61-/m1/s1. The molecular weight excluding hydrogens is 973 g/mol. The maximum absolute atomic E-state index is 14.5. The maximum Gasteiger partial charge on any atom is 0.338 e. The van der Waals surface area contributed by atoms with Crippen LogP contribution in [0.3, 0.4) is 0 Å². The highest BCUT2D eigenvalue weighted by atomic mass is 16.8. The highest BCUT2D eigenvalue weighted by molar-refractivity contribution is 5.91. The first-order chi connectivity index (χ1) is 37.3. The van der Waals surface area contributed by atoms with Crippen molar-refractivity contribution in [3.8, 4) is 0 Å². The Morgan fingerprint density at radius 3 is 1.20 bits per heavy atom. The highest BCUT2D eigenvalue weighted by Crippen LogP contribution is 2.36. The van der Waals surface area contributed by atoms with E-state index in [0.717, 1.165) is 16.7 Å². The average Bonchev–Trinajstić information content (AvgIpc) is 3.50. The zero-order valence-electron chi connectivity index (χ0n) is 41.2. The van der Waals surface area contributed by atoms with E-state index < -0.39 is 91.9 Å². The molecule has 0 saturated carbocycles. The van der Waals surface area contributed by atoms with Gasteiger partial charge < -0.3 is 52.5 Å². The van der Waals surface area contributed by atoms with E-state index in [1.54, 1.807) is 84.9 Å². The van der Waals surface area contributed by atoms with Crippen molar-refractivity contribution >= 4 is 23.9 Å². The summed E-state index contributed by atoms with van der Waals surface area (Å²) >= 11 is 0. The van der Waals surface area contributed by atoms with Crippen LogP contribution in [0.15, 0.2) is 212 Å². The summed E-state index contributed by atoms with van der Waals surface area (Å²) in [5.41, 5.74) is 2.98. The quantitative estimate of drug-likeness (QED) is 0.0533. The van der Waals surface area contributed by atoms with Crippen LogP contribution in [-0.2, 0) is 67.2 Å². The van der Waals surface area contributed by atoms with Gasteiger partial charge >= 0.3 is 23.9 Å². The first-order valence-corrected chi connectivity index (χ1v) is 24.8. The molecule has 2 saturated heterocycles. The minimum atomic E-state index is -1.77. The molecule has 0 amide bonds. The van der Waals surface area contributed by atoms with Crippen molar-refractivity contribution in [2.24, 2.45) is 0 Å². The Morgan fingerprint density at radius 2 is 0.737 bits per heavy atom. The van der Waals surface area contributed by atoms with Gasteiger partial charge in [0.05, 0.1) is 48.7 Å². The number of hydrogen-bond donors (Lipinski definition) is 1. The number of carbonyl (C=O) groups is 4. The molecule has 1 N–H and O–H groups in total. The number of carbonyl (C=O) groups excluding carboxylic acids is 4. The lowest BCUT2D eigenvalue weighted by Crippen LogP contribution is -2.67. The number of rotatable bonds is 21. The molecule has 15 nitrogen and oxygen atoms in total. The van der Waals surface area contributed by atoms with Crippen LogP contribution in [0.1, 0.15) is 58.1 Å². The van der Waals surface area contributed by atoms with Gasteiger partial charge in [-0.15, -0.1) is 0 Å². The molecule has 390 valence electrons. The van der Waals surface area contributed by atoms with Crippen LogP contribution in [0.4, 0.5) is 0 Å². The molecule has 0 radical (unpaired) electrons. The van der Waals surface area contributed by atoms with Crippen molar-refractivity contribution in [3.05, 3.63) is 251 Å². The van der Waals surface area contributed by atoms with Gasteiger partial charge in [0.25, 0.3) is 0 Å². The molecule has 2 fully saturated rings. The van der Waals surface area contributed by atoms with E-state index in [-0.39, 0.29) is 48.7 Å². The summed E-state index contributed by atoms with van der Waals surface area (Å²) in [6, 6.07) is 60.5. The second-order valence-electron chi connectivity index (χ2n) is 17.9. The van der Waals surface area contributed by atoms with Crippen LogP contribution < -0.4 is 0 Å². The summed E-state index contributed by atoms with van der Waals surface area (Å²) in [6.07, 6.45) is -14.9. The Hall–Kier alpha value is -7.86. The number of ether oxygens (including phenoxy) is 10. The van der Waals surface area contributed by atoms with E-state index in [9.17, 15) is 24.3 Å². The van der Waals surface area contributed by atoms with Crippen molar-refractivity contribution in [1.29, 1.82) is 0 Å². The summed E-state index contributed by atoms with van der Waals surface area (Å²) in [6.45, 7) is -0.608. The van der Waals surface area contributed by atoms with Crippen molar-refractivity contribution < 1.29 is 71.7 Å². The SMILES string of the molecule is O=C(OC[C@H]1O[C@H](O[C@H]2[C@H](OCc3ccccc3)[C@@H](OCc3ccccc3)[C@@H](O)O[C@@H]2COCc2ccccc2)[C@H](OC(=O)c2ccccc2)[C@@H](OC(=O)c2ccccc2)[C@H]1OC(=O)c1ccccc1)c1ccccc1. The smallest absolute Gasteiger partial charge is 0.338 e. The first kappa shape index (κ1) is 53.0. The summed E-state index contributed by atoms with van der Waals surface area (Å²) < 4.78 is 64.8. The maximum atomic E-state index is 14.5. The largest absolute Gasteiger partial charge is 0.459 e. The Labute approximate surface area is 439 Å². The number of benzene rings is 7. The Kier molecular flexibility index (Phi) is 18.5. The molecular formula is C61H56O15. The fourth-order valence-electron chi connectivity index (χ4n) is 8.75. The van der Waals surface area contributed by atoms with Gasteiger partial charge in [-0.25, -0.2) is 19.2 Å². The van der Waals surface area contributed by atoms with Crippen LogP contribution in [0.2, 0.25) is 0 Å². The molecule has 10 atom stereocenters. The fourth-order valence-corrected chi connectivity index (χ4v) is 8.75. The summed E-state index contributed by atoms with van der Waals surface area (Å²) in [4.78, 5) is 56.8. The minimum absolute atomic E-state index is 0.00566. The Balaban J connectivity index is 1.15. The first-order valence-electron chi connectivity index (χ1n) is 24.8. The average molecular weight is 1030 g/mol. The molecule has 9 rings (SSSR count). The minimum Gasteiger partial charge on any atom is -0.459 e. The van der Waals surface area contributed by atoms with Gasteiger partial charge in [0.15, 0.2) is 30.9 Å². The molecule has 0 unspecified atom stereocenters. The van der Waals surface area contributed by atoms with Crippen molar-refractivity contribution in [1.82, 2.24) is 0 Å². The molecule has 7 aromatic rings. The molecule has 0 aliphatic carbocycles. The van der Waals surface area contributed by atoms with Crippen LogP contribution >= 0.6 is 0 Å². The van der Waals surface area contributed by atoms with Gasteiger partial charge in [0.1, 0.15) is 37.1 Å². The monoisotopic (exact) mass is 1030 g/mol. The molecule has 0 bridgehead atoms. The van der Waals surface area contributed by atoms with Gasteiger partial charge in [0.2, 0.25) is 0 Å². The number of esters is 4. The van der Waals surface area contributed by atoms with E-state index in [2.05, 4.69) is 0 Å². The summed E-state index contributed by atoms with van der Waals surface area (Å²) in [7, 11) is 0. The number of aliphatic hydroxyl groups is 1. The molecule has 2 heterocycles. The van der Waals surface area contributed by atoms with Crippen LogP contribution in [0.25, 0.3) is 0 Å². The van der Waals surface area contributed by atoms with Crippen LogP contribution in [0, 0.1) is 0 Å². The lowest BCUT2D eigenvalue weighted by Gasteiger charge is -2.49. The predicted molar refractivity (Wildman–Crippen MR) is 274 cm³/mol. The van der Waals surface area contributed by atoms with E-state index in [0.29, 0.717) is 0 Å². The van der Waals surface area contributed by atoms with Gasteiger partial charge in [-0.1, -0.05) is 164 Å². The van der Waals surface area contributed by atoms with Crippen molar-refractivity contribution in [2.45, 2.75) is 81.2 Å². The molecule has 2 aliphatic rings.